The summed E-state index contributed by atoms with van der Waals surface area (Å²) in [4.78, 5) is 4.04. The van der Waals surface area contributed by atoms with Crippen LogP contribution < -0.4 is 0 Å². The molecule has 0 radical (unpaired) electrons. The predicted molar refractivity (Wildman–Crippen MR) is 90.3 cm³/mol. The summed E-state index contributed by atoms with van der Waals surface area (Å²) in [5, 5.41) is 9.11. The fraction of sp³-hybridized carbons (Fsp3) is 0.389. The lowest BCUT2D eigenvalue weighted by atomic mass is 10.00. The average molecular weight is 309 g/mol. The van der Waals surface area contributed by atoms with E-state index in [4.69, 9.17) is 0 Å². The monoisotopic (exact) mass is 309 g/mol. The Balaban J connectivity index is 1.64. The van der Waals surface area contributed by atoms with E-state index >= 15 is 0 Å². The van der Waals surface area contributed by atoms with Crippen molar-refractivity contribution >= 4 is 0 Å². The molecule has 1 unspecified atom stereocenters. The molecule has 0 fully saturated rings. The normalized spacial score (nSPS) is 12.7. The molecule has 0 saturated carbocycles. The van der Waals surface area contributed by atoms with Gasteiger partial charge in [0.1, 0.15) is 0 Å². The largest absolute Gasteiger partial charge is 0.270 e. The molecule has 0 N–H and O–H groups in total. The van der Waals surface area contributed by atoms with Gasteiger partial charge in [-0.05, 0) is 55.5 Å². The van der Waals surface area contributed by atoms with E-state index in [9.17, 15) is 0 Å². The Hall–Kier alpha value is -2.43. The van der Waals surface area contributed by atoms with Gasteiger partial charge in [0.15, 0.2) is 0 Å². The first-order valence-electron chi connectivity index (χ1n) is 8.07. The summed E-state index contributed by atoms with van der Waals surface area (Å²) in [5.41, 5.74) is 3.59. The molecule has 0 saturated heterocycles. The van der Waals surface area contributed by atoms with Gasteiger partial charge >= 0.3 is 0 Å². The smallest absolute Gasteiger partial charge is 0.0660 e. The van der Waals surface area contributed by atoms with Crippen LogP contribution in [0, 0.1) is 0 Å². The molecular weight excluding hydrogens is 286 g/mol. The Labute approximate surface area is 137 Å². The second kappa shape index (κ2) is 6.77. The fourth-order valence-corrected chi connectivity index (χ4v) is 2.60. The second-order valence-electron chi connectivity index (χ2n) is 6.31. The number of rotatable bonds is 6. The topological polar surface area (TPSA) is 48.5 Å². The standard InChI is InChI=1S/C18H23N5/c1-14(2)23-9-6-18(21-23)10-15(3)17-11-20-22(13-17)12-16-4-7-19-8-5-16/h4-9,11,13-15H,10,12H2,1-3H3. The highest BCUT2D eigenvalue weighted by Gasteiger charge is 2.12. The molecule has 0 aliphatic carbocycles. The van der Waals surface area contributed by atoms with E-state index in [2.05, 4.69) is 54.4 Å². The summed E-state index contributed by atoms with van der Waals surface area (Å²) in [6.07, 6.45) is 10.7. The first-order valence-corrected chi connectivity index (χ1v) is 8.07. The molecule has 0 spiro atoms. The van der Waals surface area contributed by atoms with Gasteiger partial charge in [0, 0.05) is 30.8 Å². The molecule has 5 heteroatoms. The van der Waals surface area contributed by atoms with Crippen molar-refractivity contribution in [2.75, 3.05) is 0 Å². The van der Waals surface area contributed by atoms with E-state index in [1.807, 2.05) is 40.1 Å². The third-order valence-electron chi connectivity index (χ3n) is 4.02. The van der Waals surface area contributed by atoms with E-state index < -0.39 is 0 Å². The van der Waals surface area contributed by atoms with Crippen LogP contribution in [-0.4, -0.2) is 24.5 Å². The van der Waals surface area contributed by atoms with Gasteiger partial charge in [-0.15, -0.1) is 0 Å². The maximum Gasteiger partial charge on any atom is 0.0660 e. The summed E-state index contributed by atoms with van der Waals surface area (Å²) in [6.45, 7) is 7.28. The van der Waals surface area contributed by atoms with Crippen LogP contribution in [0.5, 0.6) is 0 Å². The van der Waals surface area contributed by atoms with E-state index in [0.29, 0.717) is 12.0 Å². The van der Waals surface area contributed by atoms with Crippen molar-refractivity contribution in [1.82, 2.24) is 24.5 Å². The van der Waals surface area contributed by atoms with Crippen molar-refractivity contribution in [2.45, 2.75) is 45.7 Å². The van der Waals surface area contributed by atoms with E-state index in [1.165, 1.54) is 11.1 Å². The first kappa shape index (κ1) is 15.5. The van der Waals surface area contributed by atoms with Crippen molar-refractivity contribution in [3.05, 3.63) is 66.0 Å². The van der Waals surface area contributed by atoms with Crippen LogP contribution in [-0.2, 0) is 13.0 Å². The second-order valence-corrected chi connectivity index (χ2v) is 6.31. The third-order valence-corrected chi connectivity index (χ3v) is 4.02. The minimum Gasteiger partial charge on any atom is -0.270 e. The van der Waals surface area contributed by atoms with Gasteiger partial charge in [-0.25, -0.2) is 0 Å². The molecule has 5 nitrogen and oxygen atoms in total. The minimum atomic E-state index is 0.400. The van der Waals surface area contributed by atoms with Gasteiger partial charge in [-0.2, -0.15) is 10.2 Å². The van der Waals surface area contributed by atoms with Crippen molar-refractivity contribution in [3.8, 4) is 0 Å². The van der Waals surface area contributed by atoms with Gasteiger partial charge in [0.2, 0.25) is 0 Å². The molecule has 23 heavy (non-hydrogen) atoms. The molecule has 0 aromatic carbocycles. The van der Waals surface area contributed by atoms with Crippen LogP contribution in [0.25, 0.3) is 0 Å². The van der Waals surface area contributed by atoms with Crippen LogP contribution >= 0.6 is 0 Å². The molecule has 3 aromatic rings. The fourth-order valence-electron chi connectivity index (χ4n) is 2.60. The van der Waals surface area contributed by atoms with Crippen LogP contribution in [0.15, 0.2) is 49.2 Å². The van der Waals surface area contributed by atoms with Crippen molar-refractivity contribution in [2.24, 2.45) is 0 Å². The zero-order valence-corrected chi connectivity index (χ0v) is 13.9. The highest BCUT2D eigenvalue weighted by molar-refractivity contribution is 5.16. The van der Waals surface area contributed by atoms with Crippen LogP contribution in [0.4, 0.5) is 0 Å². The van der Waals surface area contributed by atoms with E-state index in [0.717, 1.165) is 18.7 Å². The molecule has 0 aliphatic heterocycles. The highest BCUT2D eigenvalue weighted by atomic mass is 15.3. The Morgan fingerprint density at radius 1 is 1.09 bits per heavy atom. The molecule has 120 valence electrons. The summed E-state index contributed by atoms with van der Waals surface area (Å²) >= 11 is 0. The van der Waals surface area contributed by atoms with Crippen molar-refractivity contribution in [3.63, 3.8) is 0 Å². The minimum absolute atomic E-state index is 0.400. The molecule has 0 bridgehead atoms. The molecule has 0 aliphatic rings. The molecule has 3 heterocycles. The zero-order chi connectivity index (χ0) is 16.2. The summed E-state index contributed by atoms with van der Waals surface area (Å²) < 4.78 is 3.99. The van der Waals surface area contributed by atoms with E-state index in [1.54, 1.807) is 0 Å². The Morgan fingerprint density at radius 2 is 1.87 bits per heavy atom. The van der Waals surface area contributed by atoms with Gasteiger partial charge in [-0.3, -0.25) is 14.3 Å². The summed E-state index contributed by atoms with van der Waals surface area (Å²) in [5.74, 6) is 0.400. The zero-order valence-electron chi connectivity index (χ0n) is 13.9. The molecule has 3 aromatic heterocycles. The number of hydrogen-bond donors (Lipinski definition) is 0. The molecule has 3 rings (SSSR count). The lowest BCUT2D eigenvalue weighted by Gasteiger charge is -2.08. The maximum absolute atomic E-state index is 4.63. The molecule has 1 atom stereocenters. The Bertz CT molecular complexity index is 742. The number of nitrogens with zero attached hydrogens (tertiary/aromatic N) is 5. The number of aromatic nitrogens is 5. The predicted octanol–water partition coefficient (Wildman–Crippen LogP) is 3.45. The quantitative estimate of drug-likeness (QED) is 0.700. The number of hydrogen-bond acceptors (Lipinski definition) is 3. The van der Waals surface area contributed by atoms with Gasteiger partial charge in [0.25, 0.3) is 0 Å². The maximum atomic E-state index is 4.63. The summed E-state index contributed by atoms with van der Waals surface area (Å²) in [7, 11) is 0. The lowest BCUT2D eigenvalue weighted by Crippen LogP contribution is -2.04. The molecular formula is C18H23N5. The Morgan fingerprint density at radius 3 is 2.57 bits per heavy atom. The van der Waals surface area contributed by atoms with Gasteiger partial charge < -0.3 is 0 Å². The third kappa shape index (κ3) is 3.86. The Kier molecular flexibility index (Phi) is 4.55. The van der Waals surface area contributed by atoms with E-state index in [-0.39, 0.29) is 0 Å². The number of pyridine rings is 1. The first-order chi connectivity index (χ1) is 11.1. The van der Waals surface area contributed by atoms with Crippen LogP contribution in [0.1, 0.15) is 49.6 Å². The van der Waals surface area contributed by atoms with Crippen molar-refractivity contribution in [1.29, 1.82) is 0 Å². The van der Waals surface area contributed by atoms with Gasteiger partial charge in [-0.1, -0.05) is 6.92 Å². The van der Waals surface area contributed by atoms with Crippen LogP contribution in [0.2, 0.25) is 0 Å². The summed E-state index contributed by atoms with van der Waals surface area (Å²) in [6, 6.07) is 6.55. The molecule has 0 amide bonds. The lowest BCUT2D eigenvalue weighted by molar-refractivity contribution is 0.523. The average Bonchev–Trinajstić information content (AvgIpc) is 3.18. The SMILES string of the molecule is CC(Cc1ccn(C(C)C)n1)c1cnn(Cc2ccncc2)c1. The van der Waals surface area contributed by atoms with Crippen molar-refractivity contribution < 1.29 is 0 Å². The van der Waals surface area contributed by atoms with Gasteiger partial charge in [0.05, 0.1) is 18.4 Å². The van der Waals surface area contributed by atoms with Crippen LogP contribution in [0.3, 0.4) is 0 Å². The highest BCUT2D eigenvalue weighted by Crippen LogP contribution is 2.20.